The highest BCUT2D eigenvalue weighted by molar-refractivity contribution is 8.13. The number of aromatic nitrogens is 1. The second-order valence-electron chi connectivity index (χ2n) is 8.11. The van der Waals surface area contributed by atoms with Gasteiger partial charge in [0.1, 0.15) is 0 Å². The molecule has 3 nitrogen and oxygen atoms in total. The lowest BCUT2D eigenvalue weighted by atomic mass is 10.1. The van der Waals surface area contributed by atoms with Gasteiger partial charge in [-0.05, 0) is 66.8 Å². The number of hydrogen-bond donors (Lipinski definition) is 0. The molecule has 1 atom stereocenters. The number of rotatable bonds is 12. The molecule has 0 amide bonds. The molecule has 0 spiro atoms. The molecule has 1 aromatic carbocycles. The Balaban J connectivity index is 2.17. The summed E-state index contributed by atoms with van der Waals surface area (Å²) in [6, 6.07) is 7.45. The van der Waals surface area contributed by atoms with Gasteiger partial charge in [-0.3, -0.25) is 9.98 Å². The number of pyridine rings is 1. The van der Waals surface area contributed by atoms with E-state index in [9.17, 15) is 13.2 Å². The molecule has 1 aromatic heterocycles. The molecule has 2 rings (SSSR count). The van der Waals surface area contributed by atoms with Crippen LogP contribution < -0.4 is 0 Å². The zero-order valence-corrected chi connectivity index (χ0v) is 21.3. The Bertz CT molecular complexity index is 997. The van der Waals surface area contributed by atoms with E-state index in [2.05, 4.69) is 36.0 Å². The van der Waals surface area contributed by atoms with Crippen LogP contribution in [-0.4, -0.2) is 33.4 Å². The maximum absolute atomic E-state index is 13.0. The summed E-state index contributed by atoms with van der Waals surface area (Å²) in [5.41, 5.74) is 2.35. The molecule has 0 bridgehead atoms. The van der Waals surface area contributed by atoms with Crippen molar-refractivity contribution in [2.75, 3.05) is 12.3 Å². The summed E-state index contributed by atoms with van der Waals surface area (Å²) in [7, 11) is 0. The van der Waals surface area contributed by atoms with Crippen LogP contribution in [0.25, 0.3) is 6.08 Å². The summed E-state index contributed by atoms with van der Waals surface area (Å²) in [6.45, 7) is 12.8. The van der Waals surface area contributed by atoms with E-state index in [1.165, 1.54) is 0 Å². The average molecular weight is 502 g/mol. The topological polar surface area (TPSA) is 28.5 Å². The number of halogens is 3. The molecule has 0 aliphatic rings. The summed E-state index contributed by atoms with van der Waals surface area (Å²) in [6.07, 6.45) is 9.44. The van der Waals surface area contributed by atoms with Crippen LogP contribution in [0, 0.1) is 0 Å². The van der Waals surface area contributed by atoms with Crippen molar-refractivity contribution in [3.63, 3.8) is 0 Å². The summed E-state index contributed by atoms with van der Waals surface area (Å²) < 4.78 is 39.0. The maximum atomic E-state index is 13.0. The number of thioether (sulfide) groups is 1. The molecule has 0 aliphatic heterocycles. The first-order valence-electron chi connectivity index (χ1n) is 11.7. The number of nitrogens with zero attached hydrogens (tertiary/aromatic N) is 3. The van der Waals surface area contributed by atoms with E-state index in [1.807, 2.05) is 25.3 Å². The minimum atomic E-state index is -4.34. The van der Waals surface area contributed by atoms with Gasteiger partial charge in [0.05, 0.1) is 11.6 Å². The first-order chi connectivity index (χ1) is 16.8. The summed E-state index contributed by atoms with van der Waals surface area (Å²) in [5.74, 6) is 0.847. The third-order valence-corrected chi connectivity index (χ3v) is 6.14. The van der Waals surface area contributed by atoms with Crippen LogP contribution >= 0.6 is 11.8 Å². The van der Waals surface area contributed by atoms with Gasteiger partial charge >= 0.3 is 6.18 Å². The normalized spacial score (nSPS) is 13.1. The highest BCUT2D eigenvalue weighted by Gasteiger charge is 2.30. The van der Waals surface area contributed by atoms with E-state index in [1.54, 1.807) is 42.2 Å². The minimum Gasteiger partial charge on any atom is -0.347 e. The van der Waals surface area contributed by atoms with Gasteiger partial charge in [-0.25, -0.2) is 0 Å². The standard InChI is InChI=1S/C28H34F3N3S/c1-5-8-11-22(4)33-27(35-7-3)34(21-24-13-15-26(16-14-24)28(29,30)31)17-10-9-12-25-18-23(6-2)19-32-20-25/h5-6,8,11,13-16,18-20,22H,1-2,7,9-10,12,17,21H2,3-4H3/b11-8-,33-27?. The predicted octanol–water partition coefficient (Wildman–Crippen LogP) is 7.81. The number of amidine groups is 1. The quantitative estimate of drug-likeness (QED) is 0.129. The first kappa shape index (κ1) is 28.4. The van der Waals surface area contributed by atoms with E-state index < -0.39 is 11.7 Å². The molecule has 0 aliphatic carbocycles. The van der Waals surface area contributed by atoms with Crippen molar-refractivity contribution >= 4 is 23.0 Å². The summed E-state index contributed by atoms with van der Waals surface area (Å²) in [5, 5.41) is 0.893. The summed E-state index contributed by atoms with van der Waals surface area (Å²) >= 11 is 1.65. The van der Waals surface area contributed by atoms with Crippen LogP contribution in [0.1, 0.15) is 48.9 Å². The third-order valence-electron chi connectivity index (χ3n) is 5.23. The Kier molecular flexibility index (Phi) is 11.8. The monoisotopic (exact) mass is 501 g/mol. The maximum Gasteiger partial charge on any atom is 0.416 e. The van der Waals surface area contributed by atoms with Crippen molar-refractivity contribution in [1.29, 1.82) is 0 Å². The fourth-order valence-corrected chi connectivity index (χ4v) is 4.28. The fraction of sp³-hybridized carbons (Fsp3) is 0.357. The number of benzene rings is 1. The van der Waals surface area contributed by atoms with E-state index in [0.29, 0.717) is 6.54 Å². The molecule has 1 unspecified atom stereocenters. The Morgan fingerprint density at radius 3 is 2.51 bits per heavy atom. The first-order valence-corrected chi connectivity index (χ1v) is 12.7. The molecule has 0 N–H and O–H groups in total. The Morgan fingerprint density at radius 1 is 1.14 bits per heavy atom. The fourth-order valence-electron chi connectivity index (χ4n) is 3.45. The average Bonchev–Trinajstić information content (AvgIpc) is 2.84. The second-order valence-corrected chi connectivity index (χ2v) is 9.34. The zero-order valence-electron chi connectivity index (χ0n) is 20.5. The summed E-state index contributed by atoms with van der Waals surface area (Å²) in [4.78, 5) is 11.3. The van der Waals surface area contributed by atoms with E-state index in [-0.39, 0.29) is 6.04 Å². The van der Waals surface area contributed by atoms with E-state index in [0.717, 1.165) is 65.6 Å². The lowest BCUT2D eigenvalue weighted by molar-refractivity contribution is -0.137. The number of aliphatic imine (C=N–C) groups is 1. The van der Waals surface area contributed by atoms with Gasteiger partial charge in [0.2, 0.25) is 0 Å². The zero-order chi connectivity index (χ0) is 25.7. The molecule has 7 heteroatoms. The highest BCUT2D eigenvalue weighted by Crippen LogP contribution is 2.29. The van der Waals surface area contributed by atoms with Crippen LogP contribution in [0.5, 0.6) is 0 Å². The highest BCUT2D eigenvalue weighted by atomic mass is 32.2. The van der Waals surface area contributed by atoms with Gasteiger partial charge in [0.15, 0.2) is 5.17 Å². The molecule has 188 valence electrons. The van der Waals surface area contributed by atoms with Gasteiger partial charge in [-0.15, -0.1) is 0 Å². The van der Waals surface area contributed by atoms with Gasteiger partial charge in [-0.2, -0.15) is 13.2 Å². The Labute approximate surface area is 211 Å². The van der Waals surface area contributed by atoms with Crippen LogP contribution in [-0.2, 0) is 19.1 Å². The lowest BCUT2D eigenvalue weighted by Gasteiger charge is -2.27. The number of alkyl halides is 3. The third kappa shape index (κ3) is 10.1. The van der Waals surface area contributed by atoms with Crippen LogP contribution in [0.3, 0.4) is 0 Å². The molecule has 0 fully saturated rings. The predicted molar refractivity (Wildman–Crippen MR) is 143 cm³/mol. The molecule has 0 saturated carbocycles. The van der Waals surface area contributed by atoms with Crippen LogP contribution in [0.4, 0.5) is 13.2 Å². The number of aryl methyl sites for hydroxylation is 1. The number of allylic oxidation sites excluding steroid dienone is 2. The molecule has 1 heterocycles. The van der Waals surface area contributed by atoms with Crippen LogP contribution in [0.15, 0.2) is 79.1 Å². The smallest absolute Gasteiger partial charge is 0.347 e. The SMILES string of the molecule is C=C/C=C\C(C)N=C(SCC)N(CCCCc1cncc(C=C)c1)Cc1ccc(C(F)(F)F)cc1. The van der Waals surface area contributed by atoms with Gasteiger partial charge in [0.25, 0.3) is 0 Å². The van der Waals surface area contributed by atoms with Gasteiger partial charge in [0, 0.05) is 25.5 Å². The molecular weight excluding hydrogens is 467 g/mol. The molecule has 0 radical (unpaired) electrons. The van der Waals surface area contributed by atoms with Crippen molar-refractivity contribution in [3.8, 4) is 0 Å². The Morgan fingerprint density at radius 2 is 1.89 bits per heavy atom. The van der Waals surface area contributed by atoms with Crippen molar-refractivity contribution in [3.05, 3.63) is 96.4 Å². The largest absolute Gasteiger partial charge is 0.416 e. The van der Waals surface area contributed by atoms with Gasteiger partial charge in [-0.1, -0.05) is 68.3 Å². The molecule has 2 aromatic rings. The number of unbranched alkanes of at least 4 members (excludes halogenated alkanes) is 1. The molecular formula is C28H34F3N3S. The van der Waals surface area contributed by atoms with Crippen molar-refractivity contribution in [2.45, 2.75) is 51.9 Å². The minimum absolute atomic E-state index is 0.0372. The van der Waals surface area contributed by atoms with Crippen LogP contribution in [0.2, 0.25) is 0 Å². The lowest BCUT2D eigenvalue weighted by Crippen LogP contribution is -2.30. The molecule has 35 heavy (non-hydrogen) atoms. The van der Waals surface area contributed by atoms with E-state index >= 15 is 0 Å². The van der Waals surface area contributed by atoms with Crippen molar-refractivity contribution in [1.82, 2.24) is 9.88 Å². The Hall–Kier alpha value is -2.80. The van der Waals surface area contributed by atoms with Crippen molar-refractivity contribution in [2.24, 2.45) is 4.99 Å². The second kappa shape index (κ2) is 14.6. The van der Waals surface area contributed by atoms with E-state index in [4.69, 9.17) is 4.99 Å². The van der Waals surface area contributed by atoms with Gasteiger partial charge < -0.3 is 4.90 Å². The van der Waals surface area contributed by atoms with Crippen molar-refractivity contribution < 1.29 is 13.2 Å². The number of hydrogen-bond acceptors (Lipinski definition) is 3. The molecule has 0 saturated heterocycles.